The van der Waals surface area contributed by atoms with Gasteiger partial charge in [-0.3, -0.25) is 4.79 Å². The summed E-state index contributed by atoms with van der Waals surface area (Å²) in [5.74, 6) is -2.49. The molecule has 2 atom stereocenters. The third-order valence-corrected chi connectivity index (χ3v) is 6.54. The maximum Gasteiger partial charge on any atom is 0.511 e. The molecular formula is C32H30ClFN2O8. The van der Waals surface area contributed by atoms with Gasteiger partial charge in [0.2, 0.25) is 12.6 Å². The molecule has 4 rings (SSSR count). The van der Waals surface area contributed by atoms with Gasteiger partial charge in [-0.1, -0.05) is 65.3 Å². The van der Waals surface area contributed by atoms with Crippen molar-refractivity contribution in [3.8, 4) is 22.4 Å². The molecule has 1 heterocycles. The molecule has 0 fully saturated rings. The van der Waals surface area contributed by atoms with Gasteiger partial charge in [-0.15, -0.1) is 0 Å². The van der Waals surface area contributed by atoms with Crippen LogP contribution in [-0.4, -0.2) is 53.3 Å². The fraction of sp³-hybridized carbons (Fsp3) is 0.250. The van der Waals surface area contributed by atoms with Gasteiger partial charge in [0.1, 0.15) is 11.5 Å². The summed E-state index contributed by atoms with van der Waals surface area (Å²) >= 11 is 6.12. The monoisotopic (exact) mass is 624 g/mol. The second kappa shape index (κ2) is 15.1. The first kappa shape index (κ1) is 32.2. The Bertz CT molecular complexity index is 1590. The normalized spacial score (nSPS) is 12.3. The SMILES string of the molecule is CC(C)OC(=O)OCOC(=O)C(O)CC(Cc1ccc(-c2cccc(Cl)c2)cc1)NC(=O)c1cc(-c2ccccc2F)no1. The van der Waals surface area contributed by atoms with E-state index in [1.165, 1.54) is 24.3 Å². The van der Waals surface area contributed by atoms with Crippen LogP contribution < -0.4 is 5.32 Å². The highest BCUT2D eigenvalue weighted by Crippen LogP contribution is 2.25. The van der Waals surface area contributed by atoms with Gasteiger partial charge in [0.15, 0.2) is 6.10 Å². The van der Waals surface area contributed by atoms with Crippen LogP contribution in [0.4, 0.5) is 9.18 Å². The highest BCUT2D eigenvalue weighted by molar-refractivity contribution is 6.30. The third kappa shape index (κ3) is 9.13. The Balaban J connectivity index is 1.46. The lowest BCUT2D eigenvalue weighted by molar-refractivity contribution is -0.164. The lowest BCUT2D eigenvalue weighted by Gasteiger charge is -2.21. The van der Waals surface area contributed by atoms with E-state index < -0.39 is 48.9 Å². The summed E-state index contributed by atoms with van der Waals surface area (Å²) in [4.78, 5) is 37.0. The third-order valence-electron chi connectivity index (χ3n) is 6.30. The maximum atomic E-state index is 14.2. The molecule has 0 radical (unpaired) electrons. The van der Waals surface area contributed by atoms with Gasteiger partial charge in [-0.2, -0.15) is 0 Å². The summed E-state index contributed by atoms with van der Waals surface area (Å²) in [6, 6.07) is 21.2. The van der Waals surface area contributed by atoms with Gasteiger partial charge in [0.25, 0.3) is 5.91 Å². The van der Waals surface area contributed by atoms with Gasteiger partial charge in [-0.05, 0) is 61.2 Å². The fourth-order valence-corrected chi connectivity index (χ4v) is 4.43. The van der Waals surface area contributed by atoms with E-state index in [2.05, 4.69) is 15.2 Å². The number of halogens is 2. The summed E-state index contributed by atoms with van der Waals surface area (Å²) < 4.78 is 33.6. The number of benzene rings is 3. The number of carbonyl (C=O) groups excluding carboxylic acids is 3. The molecular weight excluding hydrogens is 595 g/mol. The lowest BCUT2D eigenvalue weighted by Crippen LogP contribution is -2.41. The van der Waals surface area contributed by atoms with Crippen molar-refractivity contribution in [1.82, 2.24) is 10.5 Å². The van der Waals surface area contributed by atoms with Crippen LogP contribution in [0.1, 0.15) is 36.4 Å². The molecule has 0 aliphatic carbocycles. The molecule has 0 bridgehead atoms. The molecule has 3 aromatic carbocycles. The van der Waals surface area contributed by atoms with Gasteiger partial charge in [0, 0.05) is 29.1 Å². The second-order valence-electron chi connectivity index (χ2n) is 10.0. The molecule has 44 heavy (non-hydrogen) atoms. The smallest absolute Gasteiger partial charge is 0.431 e. The van der Waals surface area contributed by atoms with Gasteiger partial charge in [0.05, 0.1) is 6.10 Å². The van der Waals surface area contributed by atoms with Crippen LogP contribution in [0.25, 0.3) is 22.4 Å². The minimum Gasteiger partial charge on any atom is -0.431 e. The Morgan fingerprint density at radius 1 is 0.977 bits per heavy atom. The number of aromatic nitrogens is 1. The van der Waals surface area contributed by atoms with E-state index in [9.17, 15) is 23.9 Å². The number of nitrogens with zero attached hydrogens (tertiary/aromatic N) is 1. The summed E-state index contributed by atoms with van der Waals surface area (Å²) in [5.41, 5.74) is 2.90. The average molecular weight is 625 g/mol. The Hall–Kier alpha value is -4.74. The molecule has 1 aromatic heterocycles. The highest BCUT2D eigenvalue weighted by atomic mass is 35.5. The van der Waals surface area contributed by atoms with Crippen molar-refractivity contribution < 1.29 is 42.6 Å². The number of hydrogen-bond donors (Lipinski definition) is 2. The van der Waals surface area contributed by atoms with Crippen molar-refractivity contribution in [2.45, 2.75) is 44.9 Å². The van der Waals surface area contributed by atoms with Crippen LogP contribution in [0.3, 0.4) is 0 Å². The fourth-order valence-electron chi connectivity index (χ4n) is 4.24. The number of aliphatic hydroxyl groups excluding tert-OH is 1. The first-order valence-corrected chi connectivity index (χ1v) is 14.0. The number of aliphatic hydroxyl groups is 1. The highest BCUT2D eigenvalue weighted by Gasteiger charge is 2.26. The lowest BCUT2D eigenvalue weighted by atomic mass is 9.97. The molecule has 0 aliphatic rings. The van der Waals surface area contributed by atoms with Crippen molar-refractivity contribution in [3.05, 3.63) is 101 Å². The van der Waals surface area contributed by atoms with Crippen molar-refractivity contribution in [1.29, 1.82) is 0 Å². The van der Waals surface area contributed by atoms with Crippen molar-refractivity contribution in [2.75, 3.05) is 6.79 Å². The standard InChI is InChI=1S/C32H30ClFN2O8/c1-19(2)43-32(40)42-18-41-31(39)28(37)16-24(14-20-10-12-21(13-11-20)22-6-5-7-23(33)15-22)35-30(38)29-17-27(36-44-29)25-8-3-4-9-26(25)34/h3-13,15,17,19,24,28,37H,14,16,18H2,1-2H3,(H,35,38). The van der Waals surface area contributed by atoms with Crippen LogP contribution in [0.2, 0.25) is 5.02 Å². The molecule has 0 aliphatic heterocycles. The zero-order valence-corrected chi connectivity index (χ0v) is 24.6. The topological polar surface area (TPSA) is 137 Å². The molecule has 4 aromatic rings. The van der Waals surface area contributed by atoms with Crippen LogP contribution in [0.5, 0.6) is 0 Å². The Labute approximate surface area is 257 Å². The quantitative estimate of drug-likeness (QED) is 0.145. The summed E-state index contributed by atoms with van der Waals surface area (Å²) in [6.07, 6.45) is -3.20. The molecule has 0 spiro atoms. The Morgan fingerprint density at radius 3 is 2.43 bits per heavy atom. The van der Waals surface area contributed by atoms with E-state index in [1.54, 1.807) is 26.0 Å². The van der Waals surface area contributed by atoms with E-state index in [0.717, 1.165) is 16.7 Å². The van der Waals surface area contributed by atoms with E-state index in [-0.39, 0.29) is 29.9 Å². The van der Waals surface area contributed by atoms with E-state index in [1.807, 2.05) is 42.5 Å². The van der Waals surface area contributed by atoms with Crippen molar-refractivity contribution in [2.24, 2.45) is 0 Å². The van der Waals surface area contributed by atoms with Crippen molar-refractivity contribution in [3.63, 3.8) is 0 Å². The Kier molecular flexibility index (Phi) is 11.1. The summed E-state index contributed by atoms with van der Waals surface area (Å²) in [7, 11) is 0. The van der Waals surface area contributed by atoms with Gasteiger partial charge < -0.3 is 29.2 Å². The zero-order valence-electron chi connectivity index (χ0n) is 23.9. The van der Waals surface area contributed by atoms with Crippen LogP contribution in [-0.2, 0) is 25.4 Å². The van der Waals surface area contributed by atoms with Crippen LogP contribution >= 0.6 is 11.6 Å². The number of esters is 1. The minimum absolute atomic E-state index is 0.126. The van der Waals surface area contributed by atoms with Gasteiger partial charge >= 0.3 is 12.1 Å². The molecule has 1 amide bonds. The molecule has 0 saturated heterocycles. The molecule has 230 valence electrons. The predicted molar refractivity (Wildman–Crippen MR) is 158 cm³/mol. The van der Waals surface area contributed by atoms with Crippen molar-refractivity contribution >= 4 is 29.6 Å². The number of hydrogen-bond acceptors (Lipinski definition) is 9. The van der Waals surface area contributed by atoms with Crippen LogP contribution in [0.15, 0.2) is 83.4 Å². The largest absolute Gasteiger partial charge is 0.511 e. The molecule has 0 saturated carbocycles. The number of amides is 1. The molecule has 12 heteroatoms. The number of carbonyl (C=O) groups is 3. The molecule has 2 unspecified atom stereocenters. The number of nitrogens with one attached hydrogen (secondary N) is 1. The first-order valence-electron chi connectivity index (χ1n) is 13.6. The molecule has 10 nitrogen and oxygen atoms in total. The van der Waals surface area contributed by atoms with E-state index >= 15 is 0 Å². The predicted octanol–water partition coefficient (Wildman–Crippen LogP) is 5.96. The zero-order chi connectivity index (χ0) is 31.6. The minimum atomic E-state index is -1.68. The van der Waals surface area contributed by atoms with E-state index in [0.29, 0.717) is 5.02 Å². The average Bonchev–Trinajstić information content (AvgIpc) is 3.48. The maximum absolute atomic E-state index is 14.2. The van der Waals surface area contributed by atoms with Crippen LogP contribution in [0, 0.1) is 5.82 Å². The number of ether oxygens (including phenoxy) is 3. The Morgan fingerprint density at radius 2 is 1.73 bits per heavy atom. The van der Waals surface area contributed by atoms with Gasteiger partial charge in [-0.25, -0.2) is 14.0 Å². The molecule has 2 N–H and O–H groups in total. The summed E-state index contributed by atoms with van der Waals surface area (Å²) in [6.45, 7) is 2.48. The number of rotatable bonds is 12. The first-order chi connectivity index (χ1) is 21.1. The summed E-state index contributed by atoms with van der Waals surface area (Å²) in [5, 5.41) is 17.7. The van der Waals surface area contributed by atoms with E-state index in [4.69, 9.17) is 25.6 Å². The second-order valence-corrected chi connectivity index (χ2v) is 10.5.